The molecular formula is C29H36N2O5. The lowest BCUT2D eigenvalue weighted by atomic mass is 9.97. The molecule has 1 amide bonds. The summed E-state index contributed by atoms with van der Waals surface area (Å²) in [5, 5.41) is 0.507. The molecule has 0 aliphatic carbocycles. The van der Waals surface area contributed by atoms with Crippen LogP contribution in [0.4, 0.5) is 0 Å². The number of carbonyl (C=O) groups is 1. The molecule has 2 heterocycles. The molecule has 0 saturated carbocycles. The first kappa shape index (κ1) is 25.8. The van der Waals surface area contributed by atoms with Crippen molar-refractivity contribution in [2.75, 3.05) is 39.4 Å². The van der Waals surface area contributed by atoms with Gasteiger partial charge in [0.05, 0.1) is 30.2 Å². The maximum absolute atomic E-state index is 13.9. The van der Waals surface area contributed by atoms with E-state index in [1.807, 2.05) is 51.1 Å². The summed E-state index contributed by atoms with van der Waals surface area (Å²) in [6, 6.07) is 10.7. The summed E-state index contributed by atoms with van der Waals surface area (Å²) in [6.45, 7) is 14.0. The van der Waals surface area contributed by atoms with Crippen molar-refractivity contribution in [3.05, 3.63) is 69.1 Å². The van der Waals surface area contributed by atoms with Crippen molar-refractivity contribution in [2.45, 2.75) is 47.1 Å². The van der Waals surface area contributed by atoms with E-state index in [4.69, 9.17) is 13.9 Å². The Morgan fingerprint density at radius 2 is 1.64 bits per heavy atom. The van der Waals surface area contributed by atoms with Gasteiger partial charge in [-0.1, -0.05) is 32.9 Å². The topological polar surface area (TPSA) is 72.2 Å². The van der Waals surface area contributed by atoms with Crippen LogP contribution >= 0.6 is 0 Å². The second kappa shape index (κ2) is 11.2. The number of carbonyl (C=O) groups excluding carboxylic acids is 1. The molecule has 0 fully saturated rings. The maximum Gasteiger partial charge on any atom is 0.290 e. The number of hydrogen-bond donors (Lipinski definition) is 0. The van der Waals surface area contributed by atoms with Gasteiger partial charge in [-0.3, -0.25) is 9.59 Å². The number of ether oxygens (including phenoxy) is 2. The summed E-state index contributed by atoms with van der Waals surface area (Å²) in [6.07, 6.45) is 0.807. The van der Waals surface area contributed by atoms with Crippen LogP contribution in [0.3, 0.4) is 0 Å². The van der Waals surface area contributed by atoms with Crippen LogP contribution in [0.5, 0.6) is 11.5 Å². The van der Waals surface area contributed by atoms with Crippen LogP contribution in [0.1, 0.15) is 67.9 Å². The monoisotopic (exact) mass is 492 g/mol. The Bertz CT molecular complexity index is 1290. The standard InChI is InChI=1S/C29H36N2O5/c1-6-19-11-13-22-21(17-19)27(32)25-26(20-12-14-23(34-9-4)24(18-20)35-10-5)31(29(33)28(25)36-22)16-15-30(7-2)8-3/h11-14,17-18,26H,6-10,15-16H2,1-5H3. The number of benzene rings is 2. The molecule has 7 heteroatoms. The number of fused-ring (bicyclic) bond motifs is 2. The SMILES string of the molecule is CCOc1ccc(C2c3c(oc4ccc(CC)cc4c3=O)C(=O)N2CCN(CC)CC)cc1OCC. The predicted octanol–water partition coefficient (Wildman–Crippen LogP) is 5.04. The highest BCUT2D eigenvalue weighted by Gasteiger charge is 2.43. The molecule has 3 aromatic rings. The Morgan fingerprint density at radius 3 is 2.31 bits per heavy atom. The number of rotatable bonds is 11. The van der Waals surface area contributed by atoms with Crippen molar-refractivity contribution in [3.63, 3.8) is 0 Å². The molecule has 1 aliphatic heterocycles. The van der Waals surface area contributed by atoms with Crippen LogP contribution in [0.2, 0.25) is 0 Å². The quantitative estimate of drug-likeness (QED) is 0.373. The molecule has 4 rings (SSSR count). The van der Waals surface area contributed by atoms with E-state index in [0.717, 1.165) is 30.6 Å². The van der Waals surface area contributed by atoms with Gasteiger partial charge in [0.1, 0.15) is 5.58 Å². The third-order valence-electron chi connectivity index (χ3n) is 6.87. The number of likely N-dealkylation sites (N-methyl/N-ethyl adjacent to an activating group) is 1. The molecule has 0 spiro atoms. The van der Waals surface area contributed by atoms with Gasteiger partial charge in [-0.05, 0) is 68.8 Å². The highest BCUT2D eigenvalue weighted by molar-refractivity contribution is 5.99. The third-order valence-corrected chi connectivity index (χ3v) is 6.87. The van der Waals surface area contributed by atoms with Gasteiger partial charge in [-0.15, -0.1) is 0 Å². The zero-order valence-electron chi connectivity index (χ0n) is 21.9. The Labute approximate surface area is 212 Å². The molecule has 36 heavy (non-hydrogen) atoms. The molecule has 0 bridgehead atoms. The van der Waals surface area contributed by atoms with Gasteiger partial charge in [0.25, 0.3) is 5.91 Å². The molecule has 0 radical (unpaired) electrons. The molecule has 0 N–H and O–H groups in total. The average Bonchev–Trinajstić information content (AvgIpc) is 3.17. The molecule has 7 nitrogen and oxygen atoms in total. The summed E-state index contributed by atoms with van der Waals surface area (Å²) < 4.78 is 17.7. The Kier molecular flexibility index (Phi) is 7.99. The fraction of sp³-hybridized carbons (Fsp3) is 0.448. The van der Waals surface area contributed by atoms with Crippen molar-refractivity contribution in [1.29, 1.82) is 0 Å². The van der Waals surface area contributed by atoms with E-state index in [-0.39, 0.29) is 17.1 Å². The zero-order chi connectivity index (χ0) is 25.8. The van der Waals surface area contributed by atoms with Crippen molar-refractivity contribution in [2.24, 2.45) is 0 Å². The molecule has 1 aromatic heterocycles. The van der Waals surface area contributed by atoms with E-state index >= 15 is 0 Å². The lowest BCUT2D eigenvalue weighted by Gasteiger charge is -2.28. The number of aryl methyl sites for hydroxylation is 1. The minimum atomic E-state index is -0.566. The molecular weight excluding hydrogens is 456 g/mol. The van der Waals surface area contributed by atoms with Gasteiger partial charge in [0.2, 0.25) is 5.76 Å². The normalized spacial score (nSPS) is 15.1. The number of nitrogens with zero attached hydrogens (tertiary/aromatic N) is 2. The molecule has 1 atom stereocenters. The highest BCUT2D eigenvalue weighted by Crippen LogP contribution is 2.41. The largest absolute Gasteiger partial charge is 0.490 e. The van der Waals surface area contributed by atoms with Crippen molar-refractivity contribution in [1.82, 2.24) is 9.80 Å². The zero-order valence-corrected chi connectivity index (χ0v) is 21.9. The van der Waals surface area contributed by atoms with Crippen molar-refractivity contribution < 1.29 is 18.7 Å². The van der Waals surface area contributed by atoms with E-state index in [1.165, 1.54) is 0 Å². The summed E-state index contributed by atoms with van der Waals surface area (Å²) in [5.41, 5.74) is 2.53. The number of hydrogen-bond acceptors (Lipinski definition) is 6. The predicted molar refractivity (Wildman–Crippen MR) is 141 cm³/mol. The minimum Gasteiger partial charge on any atom is -0.490 e. The van der Waals surface area contributed by atoms with Crippen molar-refractivity contribution in [3.8, 4) is 11.5 Å². The second-order valence-corrected chi connectivity index (χ2v) is 8.86. The van der Waals surface area contributed by atoms with E-state index in [1.54, 1.807) is 11.0 Å². The lowest BCUT2D eigenvalue weighted by Crippen LogP contribution is -2.37. The summed E-state index contributed by atoms with van der Waals surface area (Å²) in [7, 11) is 0. The first-order valence-electron chi connectivity index (χ1n) is 13.0. The van der Waals surface area contributed by atoms with Crippen LogP contribution in [0.25, 0.3) is 11.0 Å². The Hall–Kier alpha value is -3.32. The van der Waals surface area contributed by atoms with Gasteiger partial charge in [-0.2, -0.15) is 0 Å². The molecule has 192 valence electrons. The van der Waals surface area contributed by atoms with Crippen LogP contribution < -0.4 is 14.9 Å². The summed E-state index contributed by atoms with van der Waals surface area (Å²) >= 11 is 0. The Morgan fingerprint density at radius 1 is 0.917 bits per heavy atom. The molecule has 1 aliphatic rings. The smallest absolute Gasteiger partial charge is 0.290 e. The van der Waals surface area contributed by atoms with Crippen LogP contribution in [-0.4, -0.2) is 55.1 Å². The first-order valence-corrected chi connectivity index (χ1v) is 13.0. The first-order chi connectivity index (χ1) is 17.5. The molecule has 0 saturated heterocycles. The fourth-order valence-electron chi connectivity index (χ4n) is 4.89. The van der Waals surface area contributed by atoms with Gasteiger partial charge >= 0.3 is 0 Å². The van der Waals surface area contributed by atoms with Gasteiger partial charge in [0.15, 0.2) is 16.9 Å². The average molecular weight is 493 g/mol. The lowest BCUT2D eigenvalue weighted by molar-refractivity contribution is 0.0708. The van der Waals surface area contributed by atoms with E-state index in [2.05, 4.69) is 18.7 Å². The van der Waals surface area contributed by atoms with Gasteiger partial charge in [0, 0.05) is 13.1 Å². The van der Waals surface area contributed by atoms with Crippen LogP contribution in [0, 0.1) is 0 Å². The highest BCUT2D eigenvalue weighted by atomic mass is 16.5. The van der Waals surface area contributed by atoms with Crippen molar-refractivity contribution >= 4 is 16.9 Å². The van der Waals surface area contributed by atoms with Gasteiger partial charge < -0.3 is 23.7 Å². The maximum atomic E-state index is 13.9. The molecule has 1 unspecified atom stereocenters. The van der Waals surface area contributed by atoms with Crippen LogP contribution in [0.15, 0.2) is 45.6 Å². The summed E-state index contributed by atoms with van der Waals surface area (Å²) in [4.78, 5) is 31.6. The second-order valence-electron chi connectivity index (χ2n) is 8.86. The van der Waals surface area contributed by atoms with E-state index in [9.17, 15) is 9.59 Å². The van der Waals surface area contributed by atoms with Gasteiger partial charge in [-0.25, -0.2) is 0 Å². The number of amides is 1. The van der Waals surface area contributed by atoms with E-state index < -0.39 is 6.04 Å². The summed E-state index contributed by atoms with van der Waals surface area (Å²) in [5.74, 6) is 1.11. The Balaban J connectivity index is 1.89. The minimum absolute atomic E-state index is 0.133. The fourth-order valence-corrected chi connectivity index (χ4v) is 4.89. The van der Waals surface area contributed by atoms with Crippen LogP contribution in [-0.2, 0) is 6.42 Å². The third kappa shape index (κ3) is 4.72. The van der Waals surface area contributed by atoms with E-state index in [0.29, 0.717) is 54.3 Å². The molecule has 2 aromatic carbocycles.